The van der Waals surface area contributed by atoms with Gasteiger partial charge in [-0.1, -0.05) is 0 Å². The number of hydrogen-bond donors (Lipinski definition) is 1. The summed E-state index contributed by atoms with van der Waals surface area (Å²) in [6, 6.07) is -0.101. The van der Waals surface area contributed by atoms with Crippen LogP contribution in [0.15, 0.2) is 0 Å². The van der Waals surface area contributed by atoms with Gasteiger partial charge in [-0.15, -0.1) is 0 Å². The zero-order chi connectivity index (χ0) is 9.28. The second-order valence-electron chi connectivity index (χ2n) is 1.57. The number of halogens is 4. The van der Waals surface area contributed by atoms with Gasteiger partial charge in [0.2, 0.25) is 0 Å². The van der Waals surface area contributed by atoms with Crippen LogP contribution in [0.1, 0.15) is 2.85 Å². The molecular formula is C4H3CaF4NO2. The number of nitriles is 1. The maximum absolute atomic E-state index is 11.8. The Morgan fingerprint density at radius 3 is 1.83 bits per heavy atom. The molecule has 0 radical (unpaired) electrons. The second-order valence-corrected chi connectivity index (χ2v) is 1.57. The van der Waals surface area contributed by atoms with E-state index in [-0.39, 0.29) is 46.7 Å². The molecule has 0 heterocycles. The molecular weight excluding hydrogens is 210 g/mol. The summed E-state index contributed by atoms with van der Waals surface area (Å²) in [7, 11) is 0. The zero-order valence-corrected chi connectivity index (χ0v) is 7.73. The quantitative estimate of drug-likeness (QED) is 0.542. The average Bonchev–Trinajstić information content (AvgIpc) is 1.87. The first-order chi connectivity index (χ1) is 4.75. The van der Waals surface area contributed by atoms with Crippen molar-refractivity contribution in [2.75, 3.05) is 0 Å². The first kappa shape index (κ1) is 14.5. The normalized spacial score (nSPS) is 11.2. The van der Waals surface area contributed by atoms with E-state index in [0.29, 0.717) is 0 Å². The summed E-state index contributed by atoms with van der Waals surface area (Å²) in [4.78, 5) is 9.45. The van der Waals surface area contributed by atoms with Gasteiger partial charge in [-0.05, 0) is 0 Å². The van der Waals surface area contributed by atoms with Crippen LogP contribution >= 0.6 is 0 Å². The van der Waals surface area contributed by atoms with Gasteiger partial charge in [0.15, 0.2) is 0 Å². The predicted octanol–water partition coefficient (Wildman–Crippen LogP) is 0.709. The number of carboxylic acid groups (broad SMARTS) is 1. The predicted molar refractivity (Wildman–Crippen MR) is 31.1 cm³/mol. The summed E-state index contributed by atoms with van der Waals surface area (Å²) in [5.74, 6) is -13.5. The van der Waals surface area contributed by atoms with Gasteiger partial charge in [0.1, 0.15) is 6.07 Å². The molecule has 12 heavy (non-hydrogen) atoms. The maximum atomic E-state index is 11.8. The standard InChI is InChI=1S/C4HF4NO2.Ca.2H/c5-3(6,1-9)4(7,8)2(10)11;;;/h(H,10,11);;;/q;+2;2*-1. The van der Waals surface area contributed by atoms with Crippen molar-refractivity contribution >= 4 is 43.7 Å². The Morgan fingerprint density at radius 1 is 1.42 bits per heavy atom. The van der Waals surface area contributed by atoms with Crippen molar-refractivity contribution in [3.8, 4) is 6.07 Å². The van der Waals surface area contributed by atoms with Crippen molar-refractivity contribution < 1.29 is 30.3 Å². The van der Waals surface area contributed by atoms with Crippen molar-refractivity contribution in [2.24, 2.45) is 0 Å². The molecule has 0 atom stereocenters. The Labute approximate surface area is 96.9 Å². The van der Waals surface area contributed by atoms with E-state index < -0.39 is 17.8 Å². The number of nitrogens with zero attached hydrogens (tertiary/aromatic N) is 1. The minimum atomic E-state index is -5.33. The number of hydrogen-bond acceptors (Lipinski definition) is 2. The molecule has 0 saturated carbocycles. The zero-order valence-electron chi connectivity index (χ0n) is 7.52. The van der Waals surface area contributed by atoms with E-state index in [1.807, 2.05) is 0 Å². The minimum Gasteiger partial charge on any atom is -1.00 e. The molecule has 0 amide bonds. The van der Waals surface area contributed by atoms with Gasteiger partial charge in [-0.25, -0.2) is 4.79 Å². The van der Waals surface area contributed by atoms with Gasteiger partial charge in [0.25, 0.3) is 0 Å². The monoisotopic (exact) mass is 213 g/mol. The Kier molecular flexibility index (Phi) is 5.13. The molecule has 0 aromatic carbocycles. The van der Waals surface area contributed by atoms with Crippen LogP contribution < -0.4 is 0 Å². The van der Waals surface area contributed by atoms with Crippen LogP contribution in [0.4, 0.5) is 17.6 Å². The number of carbonyl (C=O) groups is 1. The maximum Gasteiger partial charge on any atom is 2.00 e. The fourth-order valence-corrected chi connectivity index (χ4v) is 0.205. The number of carboxylic acids is 1. The minimum absolute atomic E-state index is 0. The molecule has 8 heteroatoms. The third kappa shape index (κ3) is 2.47. The van der Waals surface area contributed by atoms with Crippen LogP contribution in [0.3, 0.4) is 0 Å². The Bertz CT molecular complexity index is 232. The van der Waals surface area contributed by atoms with Gasteiger partial charge < -0.3 is 7.96 Å². The van der Waals surface area contributed by atoms with Crippen LogP contribution in [-0.2, 0) is 4.79 Å². The summed E-state index contributed by atoms with van der Waals surface area (Å²) in [6.45, 7) is 0. The number of rotatable bonds is 2. The van der Waals surface area contributed by atoms with E-state index in [2.05, 4.69) is 0 Å². The van der Waals surface area contributed by atoms with E-state index in [4.69, 9.17) is 10.4 Å². The van der Waals surface area contributed by atoms with Gasteiger partial charge >= 0.3 is 55.6 Å². The first-order valence-electron chi connectivity index (χ1n) is 2.16. The van der Waals surface area contributed by atoms with Crippen molar-refractivity contribution in [3.05, 3.63) is 0 Å². The molecule has 0 aliphatic carbocycles. The Balaban J connectivity index is -0.000000167. The van der Waals surface area contributed by atoms with Crippen molar-refractivity contribution in [1.82, 2.24) is 0 Å². The van der Waals surface area contributed by atoms with Crippen molar-refractivity contribution in [1.29, 1.82) is 5.26 Å². The third-order valence-electron chi connectivity index (χ3n) is 0.803. The van der Waals surface area contributed by atoms with Crippen LogP contribution in [-0.4, -0.2) is 60.7 Å². The fourth-order valence-electron chi connectivity index (χ4n) is 0.205. The molecule has 0 aliphatic rings. The van der Waals surface area contributed by atoms with E-state index in [9.17, 15) is 22.4 Å². The molecule has 0 saturated heterocycles. The van der Waals surface area contributed by atoms with E-state index in [1.165, 1.54) is 0 Å². The largest absolute Gasteiger partial charge is 2.00 e. The molecule has 0 bridgehead atoms. The topological polar surface area (TPSA) is 61.1 Å². The van der Waals surface area contributed by atoms with E-state index in [1.54, 1.807) is 0 Å². The fraction of sp³-hybridized carbons (Fsp3) is 0.500. The van der Waals surface area contributed by atoms with Crippen LogP contribution in [0.5, 0.6) is 0 Å². The summed E-state index contributed by atoms with van der Waals surface area (Å²) >= 11 is 0. The summed E-state index contributed by atoms with van der Waals surface area (Å²) in [5, 5.41) is 15.0. The Hall–Kier alpha value is -0.0603. The molecule has 0 rings (SSSR count). The average molecular weight is 213 g/mol. The second kappa shape index (κ2) is 4.25. The number of aliphatic carboxylic acids is 1. The number of alkyl halides is 4. The molecule has 66 valence electrons. The third-order valence-corrected chi connectivity index (χ3v) is 0.803. The molecule has 0 spiro atoms. The van der Waals surface area contributed by atoms with Crippen LogP contribution in [0.25, 0.3) is 0 Å². The van der Waals surface area contributed by atoms with E-state index in [0.717, 1.165) is 0 Å². The summed E-state index contributed by atoms with van der Waals surface area (Å²) < 4.78 is 46.9. The molecule has 0 unspecified atom stereocenters. The van der Waals surface area contributed by atoms with Crippen molar-refractivity contribution in [3.63, 3.8) is 0 Å². The molecule has 0 aliphatic heterocycles. The summed E-state index contributed by atoms with van der Waals surface area (Å²) in [6.07, 6.45) is 0. The molecule has 0 aromatic rings. The van der Waals surface area contributed by atoms with Crippen molar-refractivity contribution in [2.45, 2.75) is 11.8 Å². The molecule has 0 aromatic heterocycles. The SMILES string of the molecule is N#CC(F)(F)C(F)(F)C(=O)O.[Ca+2].[H-].[H-]. The van der Waals surface area contributed by atoms with Gasteiger partial charge in [0.05, 0.1) is 0 Å². The molecule has 3 nitrogen and oxygen atoms in total. The van der Waals surface area contributed by atoms with Gasteiger partial charge in [-0.2, -0.15) is 22.8 Å². The van der Waals surface area contributed by atoms with E-state index >= 15 is 0 Å². The van der Waals surface area contributed by atoms with Gasteiger partial charge in [0, 0.05) is 0 Å². The van der Waals surface area contributed by atoms with Crippen LogP contribution in [0.2, 0.25) is 0 Å². The molecule has 0 fully saturated rings. The Morgan fingerprint density at radius 2 is 1.75 bits per heavy atom. The smallest absolute Gasteiger partial charge is 1.00 e. The van der Waals surface area contributed by atoms with Crippen LogP contribution in [0, 0.1) is 11.3 Å². The first-order valence-corrected chi connectivity index (χ1v) is 2.16. The van der Waals surface area contributed by atoms with Gasteiger partial charge in [-0.3, -0.25) is 0 Å². The molecule has 1 N–H and O–H groups in total. The summed E-state index contributed by atoms with van der Waals surface area (Å²) in [5.41, 5.74) is 0.